The Balaban J connectivity index is 1.83. The predicted molar refractivity (Wildman–Crippen MR) is 83.6 cm³/mol. The molecule has 7 heteroatoms. The first-order valence-electron chi connectivity index (χ1n) is 5.92. The number of aromatic amines is 1. The Hall–Kier alpha value is -1.86. The van der Waals surface area contributed by atoms with E-state index in [4.69, 9.17) is 0 Å². The van der Waals surface area contributed by atoms with Crippen LogP contribution in [0.5, 0.6) is 0 Å². The number of hydrogen-bond acceptors (Lipinski definition) is 5. The summed E-state index contributed by atoms with van der Waals surface area (Å²) in [4.78, 5) is 16.8. The van der Waals surface area contributed by atoms with Gasteiger partial charge in [0.15, 0.2) is 0 Å². The first-order chi connectivity index (χ1) is 9.78. The number of nitrogens with zero attached hydrogens (tertiary/aromatic N) is 2. The van der Waals surface area contributed by atoms with Gasteiger partial charge in [0.25, 0.3) is 0 Å². The molecular weight excluding hydrogens is 292 g/mol. The largest absolute Gasteiger partial charge is 0.352 e. The second-order valence-electron chi connectivity index (χ2n) is 3.73. The smallest absolute Gasteiger partial charge is 0.230 e. The van der Waals surface area contributed by atoms with Crippen molar-refractivity contribution >= 4 is 41.2 Å². The Morgan fingerprint density at radius 2 is 2.45 bits per heavy atom. The summed E-state index contributed by atoms with van der Waals surface area (Å²) in [6.45, 7) is 4.01. The van der Waals surface area contributed by atoms with E-state index in [2.05, 4.69) is 27.1 Å². The molecule has 0 fully saturated rings. The molecule has 2 aromatic heterocycles. The summed E-state index contributed by atoms with van der Waals surface area (Å²) >= 11 is 2.95. The normalized spacial score (nSPS) is 10.8. The van der Waals surface area contributed by atoms with Gasteiger partial charge in [-0.3, -0.25) is 9.89 Å². The van der Waals surface area contributed by atoms with Crippen molar-refractivity contribution in [2.75, 3.05) is 12.3 Å². The summed E-state index contributed by atoms with van der Waals surface area (Å²) in [5.74, 6) is 0.905. The number of H-pyrrole nitrogens is 1. The minimum absolute atomic E-state index is 0.0598. The molecule has 0 aliphatic rings. The van der Waals surface area contributed by atoms with Gasteiger partial charge >= 0.3 is 0 Å². The second kappa shape index (κ2) is 7.66. The summed E-state index contributed by atoms with van der Waals surface area (Å²) in [6, 6.07) is 4.02. The number of thiophene rings is 1. The molecule has 0 aromatic carbocycles. The van der Waals surface area contributed by atoms with Crippen molar-refractivity contribution < 1.29 is 4.79 Å². The zero-order valence-electron chi connectivity index (χ0n) is 10.7. The number of hydrogen-bond donors (Lipinski definition) is 2. The fraction of sp³-hybridized carbons (Fsp3) is 0.154. The summed E-state index contributed by atoms with van der Waals surface area (Å²) in [5.41, 5.74) is 0. The fourth-order valence-electron chi connectivity index (χ4n) is 1.31. The molecule has 20 heavy (non-hydrogen) atoms. The Morgan fingerprint density at radius 3 is 3.20 bits per heavy atom. The molecule has 0 aliphatic heterocycles. The molecule has 2 heterocycles. The standard InChI is InChI=1S/C13H14N4OS2/c1-2-7-14-12(18)9-20-13-15-11(16-17-13)6-5-10-4-3-8-19-10/h2-6,8H,1,7,9H2,(H,14,18)(H,15,16,17)/b6-5+. The molecule has 0 bridgehead atoms. The van der Waals surface area contributed by atoms with Gasteiger partial charge in [-0.15, -0.1) is 23.0 Å². The number of amides is 1. The topological polar surface area (TPSA) is 70.7 Å². The van der Waals surface area contributed by atoms with Gasteiger partial charge in [-0.2, -0.15) is 0 Å². The van der Waals surface area contributed by atoms with Gasteiger partial charge in [-0.25, -0.2) is 4.98 Å². The van der Waals surface area contributed by atoms with Crippen LogP contribution in [0.25, 0.3) is 12.2 Å². The lowest BCUT2D eigenvalue weighted by Gasteiger charge is -1.98. The lowest BCUT2D eigenvalue weighted by Crippen LogP contribution is -2.24. The third-order valence-electron chi connectivity index (χ3n) is 2.21. The first-order valence-corrected chi connectivity index (χ1v) is 7.79. The molecule has 2 N–H and O–H groups in total. The quantitative estimate of drug-likeness (QED) is 0.609. The van der Waals surface area contributed by atoms with Gasteiger partial charge in [0.1, 0.15) is 5.82 Å². The molecule has 0 aliphatic carbocycles. The monoisotopic (exact) mass is 306 g/mol. The molecule has 2 aromatic rings. The van der Waals surface area contributed by atoms with Gasteiger partial charge < -0.3 is 5.32 Å². The zero-order chi connectivity index (χ0) is 14.2. The van der Waals surface area contributed by atoms with E-state index in [1.54, 1.807) is 17.4 Å². The van der Waals surface area contributed by atoms with E-state index in [0.29, 0.717) is 23.3 Å². The maximum absolute atomic E-state index is 11.4. The molecular formula is C13H14N4OS2. The van der Waals surface area contributed by atoms with Crippen molar-refractivity contribution in [2.45, 2.75) is 5.16 Å². The lowest BCUT2D eigenvalue weighted by molar-refractivity contribution is -0.118. The highest BCUT2D eigenvalue weighted by Gasteiger charge is 2.05. The Kier molecular flexibility index (Phi) is 5.57. The van der Waals surface area contributed by atoms with Crippen LogP contribution in [-0.4, -0.2) is 33.4 Å². The van der Waals surface area contributed by atoms with E-state index < -0.39 is 0 Å². The van der Waals surface area contributed by atoms with Crippen LogP contribution < -0.4 is 5.32 Å². The van der Waals surface area contributed by atoms with Crippen LogP contribution in [0.15, 0.2) is 35.3 Å². The number of aromatic nitrogens is 3. The number of nitrogens with one attached hydrogen (secondary N) is 2. The van der Waals surface area contributed by atoms with Gasteiger partial charge in [0.05, 0.1) is 5.75 Å². The van der Waals surface area contributed by atoms with Crippen molar-refractivity contribution in [3.8, 4) is 0 Å². The number of thioether (sulfide) groups is 1. The van der Waals surface area contributed by atoms with E-state index in [9.17, 15) is 4.79 Å². The number of carbonyl (C=O) groups is 1. The van der Waals surface area contributed by atoms with Crippen LogP contribution in [0.3, 0.4) is 0 Å². The maximum Gasteiger partial charge on any atom is 0.230 e. The van der Waals surface area contributed by atoms with E-state index in [1.807, 2.05) is 29.7 Å². The second-order valence-corrected chi connectivity index (χ2v) is 5.66. The van der Waals surface area contributed by atoms with Crippen molar-refractivity contribution in [3.05, 3.63) is 40.9 Å². The molecule has 1 amide bonds. The summed E-state index contributed by atoms with van der Waals surface area (Å²) < 4.78 is 0. The van der Waals surface area contributed by atoms with E-state index in [-0.39, 0.29) is 5.91 Å². The van der Waals surface area contributed by atoms with Crippen LogP contribution in [0.1, 0.15) is 10.7 Å². The average Bonchev–Trinajstić information content (AvgIpc) is 3.11. The Labute approximate surface area is 125 Å². The van der Waals surface area contributed by atoms with Crippen molar-refractivity contribution in [1.82, 2.24) is 20.5 Å². The van der Waals surface area contributed by atoms with Crippen LogP contribution in [0, 0.1) is 0 Å². The zero-order valence-corrected chi connectivity index (χ0v) is 12.3. The van der Waals surface area contributed by atoms with Crippen molar-refractivity contribution in [3.63, 3.8) is 0 Å². The minimum Gasteiger partial charge on any atom is -0.352 e. The number of carbonyl (C=O) groups excluding carboxylic acids is 1. The van der Waals surface area contributed by atoms with Crippen LogP contribution in [0.2, 0.25) is 0 Å². The third-order valence-corrected chi connectivity index (χ3v) is 3.89. The highest BCUT2D eigenvalue weighted by Crippen LogP contribution is 2.14. The van der Waals surface area contributed by atoms with Gasteiger partial charge in [0.2, 0.25) is 11.1 Å². The van der Waals surface area contributed by atoms with Crippen LogP contribution >= 0.6 is 23.1 Å². The van der Waals surface area contributed by atoms with Gasteiger partial charge in [-0.05, 0) is 23.6 Å². The SMILES string of the molecule is C=CCNC(=O)CSc1n[nH]c(/C=C/c2cccs2)n1. The maximum atomic E-state index is 11.4. The van der Waals surface area contributed by atoms with Crippen LogP contribution in [-0.2, 0) is 4.79 Å². The molecule has 0 unspecified atom stereocenters. The van der Waals surface area contributed by atoms with Crippen molar-refractivity contribution in [1.29, 1.82) is 0 Å². The Morgan fingerprint density at radius 1 is 1.55 bits per heavy atom. The molecule has 0 spiro atoms. The van der Waals surface area contributed by atoms with Crippen LogP contribution in [0.4, 0.5) is 0 Å². The molecule has 0 atom stereocenters. The highest BCUT2D eigenvalue weighted by atomic mass is 32.2. The van der Waals surface area contributed by atoms with E-state index >= 15 is 0 Å². The highest BCUT2D eigenvalue weighted by molar-refractivity contribution is 7.99. The summed E-state index contributed by atoms with van der Waals surface area (Å²) in [7, 11) is 0. The molecule has 2 rings (SSSR count). The molecule has 5 nitrogen and oxygen atoms in total. The van der Waals surface area contributed by atoms with Crippen molar-refractivity contribution in [2.24, 2.45) is 0 Å². The lowest BCUT2D eigenvalue weighted by atomic mass is 10.4. The Bertz CT molecular complexity index is 589. The fourth-order valence-corrected chi connectivity index (χ4v) is 2.56. The number of rotatable bonds is 7. The third kappa shape index (κ3) is 4.67. The van der Waals surface area contributed by atoms with E-state index in [0.717, 1.165) is 4.88 Å². The summed E-state index contributed by atoms with van der Waals surface area (Å²) in [5, 5.41) is 12.1. The molecule has 104 valence electrons. The average molecular weight is 306 g/mol. The predicted octanol–water partition coefficient (Wildman–Crippen LogP) is 2.43. The summed E-state index contributed by atoms with van der Waals surface area (Å²) in [6.07, 6.45) is 5.47. The molecule has 0 radical (unpaired) electrons. The molecule has 0 saturated heterocycles. The van der Waals surface area contributed by atoms with E-state index in [1.165, 1.54) is 11.8 Å². The first kappa shape index (κ1) is 14.5. The van der Waals surface area contributed by atoms with Gasteiger partial charge in [-0.1, -0.05) is 23.9 Å². The van der Waals surface area contributed by atoms with Gasteiger partial charge in [0, 0.05) is 11.4 Å². The molecule has 0 saturated carbocycles. The minimum atomic E-state index is -0.0598.